The van der Waals surface area contributed by atoms with Gasteiger partial charge >= 0.3 is 12.9 Å². The van der Waals surface area contributed by atoms with Gasteiger partial charge in [-0.15, -0.1) is 0 Å². The monoisotopic (exact) mass is 291 g/mol. The van der Waals surface area contributed by atoms with Gasteiger partial charge in [0, 0.05) is 30.9 Å². The topological polar surface area (TPSA) is 40.6 Å². The van der Waals surface area contributed by atoms with Gasteiger partial charge in [0.1, 0.15) is 0 Å². The summed E-state index contributed by atoms with van der Waals surface area (Å²) in [5.74, 6) is 0.613. The molecule has 1 aliphatic heterocycles. The molecule has 1 fully saturated rings. The highest BCUT2D eigenvalue weighted by Gasteiger charge is 2.20. The van der Waals surface area contributed by atoms with E-state index < -0.39 is 7.25 Å². The first-order valence-corrected chi connectivity index (χ1v) is 6.00. The third kappa shape index (κ3) is 5.34. The molecule has 4 nitrogen and oxygen atoms in total. The van der Waals surface area contributed by atoms with Crippen LogP contribution in [0.1, 0.15) is 12.8 Å². The minimum Gasteiger partial charge on any atom is -0.489 e. The Morgan fingerprint density at radius 1 is 1.20 bits per heavy atom. The van der Waals surface area contributed by atoms with E-state index in [1.807, 2.05) is 12.1 Å². The minimum atomic E-state index is -6.00. The van der Waals surface area contributed by atoms with Gasteiger partial charge in [-0.1, -0.05) is 0 Å². The van der Waals surface area contributed by atoms with Crippen LogP contribution in [0.15, 0.2) is 18.2 Å². The van der Waals surface area contributed by atoms with E-state index in [0.29, 0.717) is 11.4 Å². The number of benzene rings is 1. The summed E-state index contributed by atoms with van der Waals surface area (Å²) in [5, 5.41) is 8.74. The second-order valence-electron chi connectivity index (χ2n) is 4.15. The van der Waals surface area contributed by atoms with Crippen molar-refractivity contribution in [2.45, 2.75) is 12.8 Å². The van der Waals surface area contributed by atoms with E-state index in [-0.39, 0.29) is 0 Å². The third-order valence-corrected chi connectivity index (χ3v) is 2.74. The highest BCUT2D eigenvalue weighted by molar-refractivity contribution is 6.50. The third-order valence-electron chi connectivity index (χ3n) is 2.74. The molecule has 0 saturated carbocycles. The average molecular weight is 291 g/mol. The van der Waals surface area contributed by atoms with Gasteiger partial charge in [-0.25, -0.2) is 0 Å². The average Bonchev–Trinajstić information content (AvgIpc) is 2.89. The van der Waals surface area contributed by atoms with Crippen molar-refractivity contribution in [3.8, 4) is 5.75 Å². The largest absolute Gasteiger partial charge is 0.673 e. The minimum absolute atomic E-state index is 0.473. The lowest BCUT2D eigenvalue weighted by molar-refractivity contribution is 0.368. The molecule has 9 heteroatoms. The summed E-state index contributed by atoms with van der Waals surface area (Å²) in [4.78, 5) is 5.47. The van der Waals surface area contributed by atoms with Crippen LogP contribution in [0.3, 0.4) is 0 Å². The Morgan fingerprint density at radius 2 is 1.75 bits per heavy atom. The van der Waals surface area contributed by atoms with E-state index in [2.05, 4.69) is 9.88 Å². The molecule has 0 bridgehead atoms. The normalized spacial score (nSPS) is 14.3. The molecular weight excluding hydrogens is 277 g/mol. The van der Waals surface area contributed by atoms with Crippen molar-refractivity contribution < 1.29 is 22.0 Å². The summed E-state index contributed by atoms with van der Waals surface area (Å²) in [6.07, 6.45) is 2.49. The van der Waals surface area contributed by atoms with Gasteiger partial charge in [0.25, 0.3) is 0 Å². The van der Waals surface area contributed by atoms with Gasteiger partial charge in [-0.05, 0) is 18.9 Å². The van der Waals surface area contributed by atoms with Crippen LogP contribution in [0, 0.1) is 5.39 Å². The second-order valence-corrected chi connectivity index (χ2v) is 4.15. The zero-order valence-electron chi connectivity index (χ0n) is 10.9. The molecule has 1 aromatic rings. The van der Waals surface area contributed by atoms with Gasteiger partial charge in [0.2, 0.25) is 11.1 Å². The fraction of sp³-hybridized carbons (Fsp3) is 0.455. The van der Waals surface area contributed by atoms with Crippen LogP contribution in [0.4, 0.5) is 28.6 Å². The lowest BCUT2D eigenvalue weighted by Gasteiger charge is -2.17. The molecule has 0 unspecified atom stereocenters. The molecule has 110 valence electrons. The van der Waals surface area contributed by atoms with Gasteiger partial charge < -0.3 is 26.9 Å². The van der Waals surface area contributed by atoms with E-state index in [4.69, 9.17) is 10.1 Å². The van der Waals surface area contributed by atoms with Gasteiger partial charge in [0.15, 0.2) is 4.98 Å². The Balaban J connectivity index is 0.000000347. The first-order chi connectivity index (χ1) is 9.35. The predicted octanol–water partition coefficient (Wildman–Crippen LogP) is 4.08. The molecule has 1 saturated heterocycles. The van der Waals surface area contributed by atoms with Crippen LogP contribution in [-0.2, 0) is 0 Å². The van der Waals surface area contributed by atoms with Crippen molar-refractivity contribution in [2.24, 2.45) is 0 Å². The fourth-order valence-electron chi connectivity index (χ4n) is 1.92. The van der Waals surface area contributed by atoms with Crippen LogP contribution in [0.5, 0.6) is 5.75 Å². The number of rotatable bonds is 2. The summed E-state index contributed by atoms with van der Waals surface area (Å²) in [6, 6.07) is 5.65. The number of methoxy groups -OCH3 is 1. The van der Waals surface area contributed by atoms with Crippen molar-refractivity contribution in [1.29, 1.82) is 5.39 Å². The molecule has 0 N–H and O–H groups in total. The van der Waals surface area contributed by atoms with E-state index in [9.17, 15) is 17.3 Å². The molecule has 0 spiro atoms. The molecule has 1 aliphatic rings. The lowest BCUT2D eigenvalue weighted by Crippen LogP contribution is -2.17. The molecule has 2 rings (SSSR count). The quantitative estimate of drug-likeness (QED) is 0.468. The molecule has 1 aromatic carbocycles. The van der Waals surface area contributed by atoms with Crippen molar-refractivity contribution in [1.82, 2.24) is 0 Å². The highest BCUT2D eigenvalue weighted by Crippen LogP contribution is 2.32. The Morgan fingerprint density at radius 3 is 2.20 bits per heavy atom. The van der Waals surface area contributed by atoms with Crippen LogP contribution >= 0.6 is 0 Å². The maximum atomic E-state index is 9.75. The van der Waals surface area contributed by atoms with Gasteiger partial charge in [-0.3, -0.25) is 0 Å². The number of nitrogens with zero attached hydrogens (tertiary/aromatic N) is 3. The zero-order valence-corrected chi connectivity index (χ0v) is 10.9. The Labute approximate surface area is 114 Å². The summed E-state index contributed by atoms with van der Waals surface area (Å²) in [6.45, 7) is 2.19. The SMILES string of the molecule is COc1cc(N2CCCC2)ccc1[N+]#N.F[B-](F)(F)F. The van der Waals surface area contributed by atoms with E-state index in [0.717, 1.165) is 18.8 Å². The Kier molecular flexibility index (Phi) is 5.61. The number of hydrogen-bond acceptors (Lipinski definition) is 3. The highest BCUT2D eigenvalue weighted by atomic mass is 19.5. The van der Waals surface area contributed by atoms with Gasteiger partial charge in [0.05, 0.1) is 7.11 Å². The number of ether oxygens (including phenoxy) is 1. The molecule has 20 heavy (non-hydrogen) atoms. The van der Waals surface area contributed by atoms with E-state index in [1.54, 1.807) is 13.2 Å². The predicted molar refractivity (Wildman–Crippen MR) is 69.4 cm³/mol. The number of halogens is 4. The lowest BCUT2D eigenvalue weighted by atomic mass is 10.2. The summed E-state index contributed by atoms with van der Waals surface area (Å²) >= 11 is 0. The molecular formula is C11H14BF4N3O. The first-order valence-electron chi connectivity index (χ1n) is 6.00. The smallest absolute Gasteiger partial charge is 0.489 e. The van der Waals surface area contributed by atoms with Crippen molar-refractivity contribution in [2.75, 3.05) is 25.1 Å². The van der Waals surface area contributed by atoms with Crippen molar-refractivity contribution in [3.05, 3.63) is 23.2 Å². The summed E-state index contributed by atoms with van der Waals surface area (Å²) < 4.78 is 44.2. The molecule has 0 amide bonds. The van der Waals surface area contributed by atoms with Crippen LogP contribution in [0.25, 0.3) is 4.98 Å². The summed E-state index contributed by atoms with van der Waals surface area (Å²) in [5.41, 5.74) is 1.61. The Bertz CT molecular complexity index is 478. The zero-order chi connectivity index (χ0) is 15.2. The van der Waals surface area contributed by atoms with E-state index in [1.165, 1.54) is 12.8 Å². The summed E-state index contributed by atoms with van der Waals surface area (Å²) in [7, 11) is -4.42. The molecule has 0 atom stereocenters. The van der Waals surface area contributed by atoms with Gasteiger partial charge in [-0.2, -0.15) is 0 Å². The van der Waals surface area contributed by atoms with Crippen molar-refractivity contribution in [3.63, 3.8) is 0 Å². The Hall–Kier alpha value is -1.98. The number of hydrogen-bond donors (Lipinski definition) is 0. The number of diazo groups is 1. The van der Waals surface area contributed by atoms with E-state index >= 15 is 0 Å². The molecule has 0 aromatic heterocycles. The fourth-order valence-corrected chi connectivity index (χ4v) is 1.92. The molecule has 1 heterocycles. The maximum Gasteiger partial charge on any atom is 0.673 e. The molecule has 0 aliphatic carbocycles. The number of anilines is 1. The second kappa shape index (κ2) is 6.98. The molecule has 0 radical (unpaired) electrons. The van der Waals surface area contributed by atoms with Crippen LogP contribution < -0.4 is 9.64 Å². The van der Waals surface area contributed by atoms with Crippen LogP contribution in [0.2, 0.25) is 0 Å². The maximum absolute atomic E-state index is 9.75. The first kappa shape index (κ1) is 16.1. The van der Waals surface area contributed by atoms with Crippen molar-refractivity contribution >= 4 is 18.6 Å². The van der Waals surface area contributed by atoms with Crippen LogP contribution in [-0.4, -0.2) is 27.5 Å². The standard InChI is InChI=1S/C11H14N3O.BF4/c1-15-11-8-9(4-5-10(11)13-12)14-6-2-3-7-14;2-1(3,4)5/h4-5,8H,2-3,6-7H2,1H3;/q+1;-1.